The van der Waals surface area contributed by atoms with Crippen LogP contribution in [0.2, 0.25) is 0 Å². The fourth-order valence-electron chi connectivity index (χ4n) is 1.24. The zero-order chi connectivity index (χ0) is 12.0. The predicted molar refractivity (Wildman–Crippen MR) is 54.6 cm³/mol. The highest BCUT2D eigenvalue weighted by atomic mass is 16.4. The SMILES string of the molecule is O=C(O)CNC(=O)CNC(=O)CC1CNC1. The zero-order valence-electron chi connectivity index (χ0n) is 8.78. The summed E-state index contributed by atoms with van der Waals surface area (Å²) in [5, 5.41) is 15.9. The molecule has 2 amide bonds. The molecule has 90 valence electrons. The molecular formula is C9H15N3O4. The molecule has 1 saturated heterocycles. The summed E-state index contributed by atoms with van der Waals surface area (Å²) in [4.78, 5) is 32.4. The van der Waals surface area contributed by atoms with Crippen LogP contribution in [0.25, 0.3) is 0 Å². The van der Waals surface area contributed by atoms with E-state index < -0.39 is 18.4 Å². The molecule has 4 N–H and O–H groups in total. The fourth-order valence-corrected chi connectivity index (χ4v) is 1.24. The van der Waals surface area contributed by atoms with E-state index in [9.17, 15) is 14.4 Å². The number of carbonyl (C=O) groups excluding carboxylic acids is 2. The second kappa shape index (κ2) is 6.06. The molecule has 0 radical (unpaired) electrons. The third kappa shape index (κ3) is 4.74. The largest absolute Gasteiger partial charge is 0.480 e. The van der Waals surface area contributed by atoms with Crippen LogP contribution in [0, 0.1) is 5.92 Å². The minimum Gasteiger partial charge on any atom is -0.480 e. The minimum absolute atomic E-state index is 0.174. The topological polar surface area (TPSA) is 108 Å². The quantitative estimate of drug-likeness (QED) is 0.418. The van der Waals surface area contributed by atoms with E-state index in [4.69, 9.17) is 5.11 Å². The van der Waals surface area contributed by atoms with Gasteiger partial charge in [-0.15, -0.1) is 0 Å². The lowest BCUT2D eigenvalue weighted by Crippen LogP contribution is -2.45. The number of hydrogen-bond acceptors (Lipinski definition) is 4. The van der Waals surface area contributed by atoms with Crippen LogP contribution in [0.4, 0.5) is 0 Å². The predicted octanol–water partition coefficient (Wildman–Crippen LogP) is -2.09. The van der Waals surface area contributed by atoms with Crippen LogP contribution in [0.1, 0.15) is 6.42 Å². The molecule has 0 saturated carbocycles. The van der Waals surface area contributed by atoms with Crippen molar-refractivity contribution in [1.82, 2.24) is 16.0 Å². The number of nitrogens with one attached hydrogen (secondary N) is 3. The molecule has 1 heterocycles. The van der Waals surface area contributed by atoms with Crippen molar-refractivity contribution in [1.29, 1.82) is 0 Å². The normalized spacial score (nSPS) is 15.0. The second-order valence-electron chi connectivity index (χ2n) is 3.68. The van der Waals surface area contributed by atoms with Crippen molar-refractivity contribution in [2.75, 3.05) is 26.2 Å². The summed E-state index contributed by atoms with van der Waals surface area (Å²) >= 11 is 0. The zero-order valence-corrected chi connectivity index (χ0v) is 8.78. The van der Waals surface area contributed by atoms with Gasteiger partial charge in [-0.25, -0.2) is 0 Å². The molecule has 7 heteroatoms. The standard InChI is InChI=1S/C9H15N3O4/c13-7(1-6-2-10-3-6)11-4-8(14)12-5-9(15)16/h6,10H,1-5H2,(H,11,13)(H,12,14)(H,15,16). The first kappa shape index (κ1) is 12.4. The molecule has 1 rings (SSSR count). The molecule has 1 aliphatic heterocycles. The molecule has 16 heavy (non-hydrogen) atoms. The van der Waals surface area contributed by atoms with Gasteiger partial charge in [-0.2, -0.15) is 0 Å². The third-order valence-corrected chi connectivity index (χ3v) is 2.22. The van der Waals surface area contributed by atoms with Crippen LogP contribution in [-0.4, -0.2) is 49.1 Å². The Morgan fingerprint density at radius 1 is 1.12 bits per heavy atom. The Bertz CT molecular complexity index is 288. The van der Waals surface area contributed by atoms with Crippen LogP contribution in [-0.2, 0) is 14.4 Å². The maximum absolute atomic E-state index is 11.3. The number of rotatable bonds is 6. The maximum Gasteiger partial charge on any atom is 0.322 e. The van der Waals surface area contributed by atoms with Gasteiger partial charge < -0.3 is 21.1 Å². The van der Waals surface area contributed by atoms with Crippen molar-refractivity contribution >= 4 is 17.8 Å². The average molecular weight is 229 g/mol. The number of carboxylic acid groups (broad SMARTS) is 1. The molecule has 0 spiro atoms. The molecule has 0 aromatic rings. The highest BCUT2D eigenvalue weighted by Crippen LogP contribution is 2.06. The Morgan fingerprint density at radius 2 is 1.75 bits per heavy atom. The lowest BCUT2D eigenvalue weighted by molar-refractivity contribution is -0.137. The van der Waals surface area contributed by atoms with Gasteiger partial charge in [0.1, 0.15) is 6.54 Å². The molecule has 0 aromatic carbocycles. The van der Waals surface area contributed by atoms with E-state index in [0.717, 1.165) is 13.1 Å². The van der Waals surface area contributed by atoms with Crippen LogP contribution in [0.15, 0.2) is 0 Å². The minimum atomic E-state index is -1.11. The molecule has 0 bridgehead atoms. The number of amides is 2. The van der Waals surface area contributed by atoms with Crippen molar-refractivity contribution in [3.8, 4) is 0 Å². The third-order valence-electron chi connectivity index (χ3n) is 2.22. The first-order chi connectivity index (χ1) is 7.58. The molecule has 1 aliphatic rings. The van der Waals surface area contributed by atoms with Gasteiger partial charge in [-0.3, -0.25) is 14.4 Å². The summed E-state index contributed by atoms with van der Waals surface area (Å²) in [5.41, 5.74) is 0. The van der Waals surface area contributed by atoms with Crippen LogP contribution in [0.3, 0.4) is 0 Å². The summed E-state index contributed by atoms with van der Waals surface area (Å²) in [5.74, 6) is -1.44. The van der Waals surface area contributed by atoms with Crippen LogP contribution < -0.4 is 16.0 Å². The number of aliphatic carboxylic acids is 1. The fraction of sp³-hybridized carbons (Fsp3) is 0.667. The van der Waals surface area contributed by atoms with Gasteiger partial charge in [0.25, 0.3) is 0 Å². The van der Waals surface area contributed by atoms with Gasteiger partial charge in [0, 0.05) is 6.42 Å². The van der Waals surface area contributed by atoms with E-state index in [1.807, 2.05) is 0 Å². The molecule has 1 fully saturated rings. The molecule has 0 aromatic heterocycles. The van der Waals surface area contributed by atoms with E-state index in [-0.39, 0.29) is 12.5 Å². The van der Waals surface area contributed by atoms with Crippen molar-refractivity contribution in [3.63, 3.8) is 0 Å². The number of carbonyl (C=O) groups is 3. The number of hydrogen-bond donors (Lipinski definition) is 4. The van der Waals surface area contributed by atoms with Crippen molar-refractivity contribution < 1.29 is 19.5 Å². The lowest BCUT2D eigenvalue weighted by atomic mass is 9.99. The Hall–Kier alpha value is -1.63. The maximum atomic E-state index is 11.3. The Labute approximate surface area is 92.6 Å². The monoisotopic (exact) mass is 229 g/mol. The van der Waals surface area contributed by atoms with E-state index >= 15 is 0 Å². The molecule has 0 atom stereocenters. The molecule has 0 aliphatic carbocycles. The van der Waals surface area contributed by atoms with E-state index in [0.29, 0.717) is 12.3 Å². The average Bonchev–Trinajstić information content (AvgIpc) is 2.17. The Kier molecular flexibility index (Phi) is 4.71. The summed E-state index contributed by atoms with van der Waals surface area (Å²) in [6.07, 6.45) is 0.402. The Morgan fingerprint density at radius 3 is 2.25 bits per heavy atom. The summed E-state index contributed by atoms with van der Waals surface area (Å²) in [6, 6.07) is 0. The first-order valence-corrected chi connectivity index (χ1v) is 5.04. The van der Waals surface area contributed by atoms with Crippen LogP contribution >= 0.6 is 0 Å². The molecule has 0 unspecified atom stereocenters. The van der Waals surface area contributed by atoms with E-state index in [2.05, 4.69) is 16.0 Å². The molecule has 7 nitrogen and oxygen atoms in total. The van der Waals surface area contributed by atoms with Crippen molar-refractivity contribution in [2.45, 2.75) is 6.42 Å². The molecular weight excluding hydrogens is 214 g/mol. The van der Waals surface area contributed by atoms with Gasteiger partial charge >= 0.3 is 5.97 Å². The summed E-state index contributed by atoms with van der Waals surface area (Å²) in [7, 11) is 0. The van der Waals surface area contributed by atoms with Crippen molar-refractivity contribution in [3.05, 3.63) is 0 Å². The second-order valence-corrected chi connectivity index (χ2v) is 3.68. The Balaban J connectivity index is 2.05. The summed E-state index contributed by atoms with van der Waals surface area (Å²) < 4.78 is 0. The van der Waals surface area contributed by atoms with Gasteiger partial charge in [-0.1, -0.05) is 0 Å². The number of carboxylic acids is 1. The smallest absolute Gasteiger partial charge is 0.322 e. The summed E-state index contributed by atoms with van der Waals surface area (Å²) in [6.45, 7) is 1.06. The first-order valence-electron chi connectivity index (χ1n) is 5.04. The highest BCUT2D eigenvalue weighted by Gasteiger charge is 2.20. The van der Waals surface area contributed by atoms with Gasteiger partial charge in [0.2, 0.25) is 11.8 Å². The van der Waals surface area contributed by atoms with Gasteiger partial charge in [-0.05, 0) is 19.0 Å². The highest BCUT2D eigenvalue weighted by molar-refractivity contribution is 5.86. The lowest BCUT2D eigenvalue weighted by Gasteiger charge is -2.26. The van der Waals surface area contributed by atoms with Crippen LogP contribution in [0.5, 0.6) is 0 Å². The van der Waals surface area contributed by atoms with E-state index in [1.54, 1.807) is 0 Å². The van der Waals surface area contributed by atoms with E-state index in [1.165, 1.54) is 0 Å². The van der Waals surface area contributed by atoms with Gasteiger partial charge in [0.05, 0.1) is 6.54 Å². The van der Waals surface area contributed by atoms with Gasteiger partial charge in [0.15, 0.2) is 0 Å². The van der Waals surface area contributed by atoms with Crippen molar-refractivity contribution in [2.24, 2.45) is 5.92 Å².